The summed E-state index contributed by atoms with van der Waals surface area (Å²) in [7, 11) is 0. The number of nitrogens with one attached hydrogen (secondary N) is 2. The van der Waals surface area contributed by atoms with Gasteiger partial charge in [0.2, 0.25) is 0 Å². The SMILES string of the molecule is O=C(/C=C/c1ccc(CCCc2nc3ccccc3[nH]2)cc1)NOC1CCCCO1. The molecule has 1 aliphatic rings. The number of aromatic amines is 1. The van der Waals surface area contributed by atoms with Gasteiger partial charge in [-0.25, -0.2) is 15.3 Å². The highest BCUT2D eigenvalue weighted by atomic mass is 16.8. The summed E-state index contributed by atoms with van der Waals surface area (Å²) < 4.78 is 5.41. The van der Waals surface area contributed by atoms with Crippen LogP contribution in [0.2, 0.25) is 0 Å². The summed E-state index contributed by atoms with van der Waals surface area (Å²) in [5, 5.41) is 0. The summed E-state index contributed by atoms with van der Waals surface area (Å²) in [6.45, 7) is 0.682. The minimum absolute atomic E-state index is 0.293. The quantitative estimate of drug-likeness (QED) is 0.432. The first-order chi connectivity index (χ1) is 14.8. The number of nitrogens with zero attached hydrogens (tertiary/aromatic N) is 1. The fourth-order valence-corrected chi connectivity index (χ4v) is 3.51. The Kier molecular flexibility index (Phi) is 6.90. The second-order valence-electron chi connectivity index (χ2n) is 7.51. The van der Waals surface area contributed by atoms with E-state index in [1.807, 2.05) is 36.4 Å². The Hall–Kier alpha value is -2.96. The van der Waals surface area contributed by atoms with Gasteiger partial charge in [-0.2, -0.15) is 0 Å². The maximum atomic E-state index is 11.9. The van der Waals surface area contributed by atoms with Crippen molar-refractivity contribution < 1.29 is 14.4 Å². The summed E-state index contributed by atoms with van der Waals surface area (Å²) in [4.78, 5) is 25.1. The third-order valence-corrected chi connectivity index (χ3v) is 5.15. The molecule has 1 fully saturated rings. The van der Waals surface area contributed by atoms with E-state index in [4.69, 9.17) is 9.57 Å². The first-order valence-corrected chi connectivity index (χ1v) is 10.5. The summed E-state index contributed by atoms with van der Waals surface area (Å²) >= 11 is 0. The van der Waals surface area contributed by atoms with Crippen molar-refractivity contribution in [3.8, 4) is 0 Å². The van der Waals surface area contributed by atoms with Crippen LogP contribution in [0.3, 0.4) is 0 Å². The number of hydroxylamine groups is 1. The number of ether oxygens (including phenoxy) is 1. The van der Waals surface area contributed by atoms with Crippen molar-refractivity contribution in [3.05, 3.63) is 71.6 Å². The van der Waals surface area contributed by atoms with E-state index in [0.717, 1.165) is 60.9 Å². The van der Waals surface area contributed by atoms with Gasteiger partial charge < -0.3 is 9.72 Å². The number of carbonyl (C=O) groups excluding carboxylic acids is 1. The molecule has 0 spiro atoms. The molecule has 0 saturated carbocycles. The molecular formula is C24H27N3O3. The molecule has 6 heteroatoms. The Morgan fingerprint density at radius 2 is 2.03 bits per heavy atom. The molecule has 4 rings (SSSR count). The smallest absolute Gasteiger partial charge is 0.267 e. The number of amides is 1. The fraction of sp³-hybridized carbons (Fsp3) is 0.333. The van der Waals surface area contributed by atoms with Crippen molar-refractivity contribution in [2.75, 3.05) is 6.61 Å². The molecule has 1 aromatic heterocycles. The molecule has 6 nitrogen and oxygen atoms in total. The second kappa shape index (κ2) is 10.2. The number of benzene rings is 2. The zero-order valence-electron chi connectivity index (χ0n) is 17.0. The molecule has 1 aliphatic heterocycles. The Morgan fingerprint density at radius 3 is 2.83 bits per heavy atom. The molecule has 3 aromatic rings. The minimum atomic E-state index is -0.338. The summed E-state index contributed by atoms with van der Waals surface area (Å²) in [6, 6.07) is 16.3. The van der Waals surface area contributed by atoms with Crippen LogP contribution >= 0.6 is 0 Å². The van der Waals surface area contributed by atoms with E-state index >= 15 is 0 Å². The number of para-hydroxylation sites is 2. The number of carbonyl (C=O) groups is 1. The number of fused-ring (bicyclic) bond motifs is 1. The third-order valence-electron chi connectivity index (χ3n) is 5.15. The van der Waals surface area contributed by atoms with E-state index in [2.05, 4.69) is 27.6 Å². The Balaban J connectivity index is 1.20. The Bertz CT molecular complexity index is 955. The van der Waals surface area contributed by atoms with Gasteiger partial charge in [0.1, 0.15) is 5.82 Å². The van der Waals surface area contributed by atoms with E-state index in [-0.39, 0.29) is 12.2 Å². The van der Waals surface area contributed by atoms with Gasteiger partial charge in [-0.05, 0) is 55.0 Å². The molecule has 156 valence electrons. The predicted molar refractivity (Wildman–Crippen MR) is 116 cm³/mol. The molecule has 1 atom stereocenters. The van der Waals surface area contributed by atoms with Gasteiger partial charge in [0.05, 0.1) is 11.0 Å². The van der Waals surface area contributed by atoms with E-state index < -0.39 is 0 Å². The Morgan fingerprint density at radius 1 is 1.17 bits per heavy atom. The third kappa shape index (κ3) is 5.78. The fourth-order valence-electron chi connectivity index (χ4n) is 3.51. The average Bonchev–Trinajstić information content (AvgIpc) is 3.21. The predicted octanol–water partition coefficient (Wildman–Crippen LogP) is 4.33. The topological polar surface area (TPSA) is 76.2 Å². The highest BCUT2D eigenvalue weighted by molar-refractivity contribution is 5.90. The summed E-state index contributed by atoms with van der Waals surface area (Å²) in [6.07, 6.45) is 8.75. The van der Waals surface area contributed by atoms with E-state index in [1.165, 1.54) is 11.6 Å². The molecular weight excluding hydrogens is 378 g/mol. The van der Waals surface area contributed by atoms with Gasteiger partial charge in [-0.15, -0.1) is 0 Å². The largest absolute Gasteiger partial charge is 0.350 e. The number of rotatable bonds is 8. The van der Waals surface area contributed by atoms with Gasteiger partial charge in [0.15, 0.2) is 6.29 Å². The first-order valence-electron chi connectivity index (χ1n) is 10.5. The van der Waals surface area contributed by atoms with E-state index in [0.29, 0.717) is 6.61 Å². The second-order valence-corrected chi connectivity index (χ2v) is 7.51. The van der Waals surface area contributed by atoms with Crippen molar-refractivity contribution in [1.82, 2.24) is 15.4 Å². The Labute approximate surface area is 176 Å². The summed E-state index contributed by atoms with van der Waals surface area (Å²) in [5.74, 6) is 0.738. The monoisotopic (exact) mass is 405 g/mol. The van der Waals surface area contributed by atoms with Crippen LogP contribution in [0.1, 0.15) is 42.6 Å². The summed E-state index contributed by atoms with van der Waals surface area (Å²) in [5.41, 5.74) is 6.77. The maximum Gasteiger partial charge on any atom is 0.267 e. The molecule has 0 bridgehead atoms. The lowest BCUT2D eigenvalue weighted by atomic mass is 10.1. The van der Waals surface area contributed by atoms with Gasteiger partial charge in [-0.1, -0.05) is 36.4 Å². The van der Waals surface area contributed by atoms with E-state index in [9.17, 15) is 4.79 Å². The lowest BCUT2D eigenvalue weighted by molar-refractivity contribution is -0.198. The first kappa shape index (κ1) is 20.3. The molecule has 2 N–H and O–H groups in total. The van der Waals surface area contributed by atoms with Crippen LogP contribution in [-0.4, -0.2) is 28.8 Å². The van der Waals surface area contributed by atoms with E-state index in [1.54, 1.807) is 6.08 Å². The molecule has 2 heterocycles. The molecule has 1 unspecified atom stereocenters. The lowest BCUT2D eigenvalue weighted by Crippen LogP contribution is -2.32. The molecule has 30 heavy (non-hydrogen) atoms. The molecule has 0 aliphatic carbocycles. The van der Waals surface area contributed by atoms with Gasteiger partial charge in [-0.3, -0.25) is 4.79 Å². The van der Waals surface area contributed by atoms with Crippen molar-refractivity contribution >= 4 is 23.0 Å². The highest BCUT2D eigenvalue weighted by Gasteiger charge is 2.14. The van der Waals surface area contributed by atoms with Crippen LogP contribution in [0.15, 0.2) is 54.6 Å². The van der Waals surface area contributed by atoms with Crippen LogP contribution < -0.4 is 5.48 Å². The zero-order chi connectivity index (χ0) is 20.6. The van der Waals surface area contributed by atoms with Crippen molar-refractivity contribution in [2.45, 2.75) is 44.8 Å². The molecule has 1 saturated heterocycles. The van der Waals surface area contributed by atoms with Gasteiger partial charge >= 0.3 is 0 Å². The van der Waals surface area contributed by atoms with Crippen LogP contribution in [0, 0.1) is 0 Å². The number of hydrogen-bond acceptors (Lipinski definition) is 4. The van der Waals surface area contributed by atoms with Crippen LogP contribution in [-0.2, 0) is 27.2 Å². The number of imidazole rings is 1. The van der Waals surface area contributed by atoms with Crippen LogP contribution in [0.25, 0.3) is 17.1 Å². The van der Waals surface area contributed by atoms with Crippen molar-refractivity contribution in [2.24, 2.45) is 0 Å². The van der Waals surface area contributed by atoms with Crippen molar-refractivity contribution in [1.29, 1.82) is 0 Å². The normalized spacial score (nSPS) is 16.9. The molecule has 2 aromatic carbocycles. The zero-order valence-corrected chi connectivity index (χ0v) is 17.0. The lowest BCUT2D eigenvalue weighted by Gasteiger charge is -2.21. The number of H-pyrrole nitrogens is 1. The van der Waals surface area contributed by atoms with Crippen LogP contribution in [0.4, 0.5) is 0 Å². The average molecular weight is 405 g/mol. The standard InChI is InChI=1S/C24H27N3O3/c28-23(27-30-24-10-3-4-17-29-24)16-15-19-13-11-18(12-14-19)6-5-9-22-25-20-7-1-2-8-21(20)26-22/h1-2,7-8,11-16,24H,3-6,9-10,17H2,(H,25,26)(H,27,28)/b16-15+. The van der Waals surface area contributed by atoms with Crippen LogP contribution in [0.5, 0.6) is 0 Å². The van der Waals surface area contributed by atoms with Gasteiger partial charge in [0.25, 0.3) is 5.91 Å². The number of hydrogen-bond donors (Lipinski definition) is 2. The minimum Gasteiger partial charge on any atom is -0.350 e. The molecule has 0 radical (unpaired) electrons. The number of aryl methyl sites for hydroxylation is 2. The molecule has 1 amide bonds. The number of aromatic nitrogens is 2. The van der Waals surface area contributed by atoms with Gasteiger partial charge in [0, 0.05) is 25.5 Å². The highest BCUT2D eigenvalue weighted by Crippen LogP contribution is 2.14. The maximum absolute atomic E-state index is 11.9. The van der Waals surface area contributed by atoms with Crippen molar-refractivity contribution in [3.63, 3.8) is 0 Å².